The number of aliphatic hydroxyl groups is 1. The second-order valence-electron chi connectivity index (χ2n) is 7.22. The van der Waals surface area contributed by atoms with Gasteiger partial charge in [-0.15, -0.1) is 24.8 Å². The number of rotatable bonds is 4. The molecule has 0 aromatic heterocycles. The van der Waals surface area contributed by atoms with Crippen LogP contribution in [0, 0.1) is 0 Å². The number of phenols is 2. The number of ether oxygens (including phenoxy) is 1. The molecule has 0 radical (unpaired) electrons. The Hall–Kier alpha value is -3.14. The third kappa shape index (κ3) is 9.20. The molecule has 2 heterocycles. The molecule has 0 saturated carbocycles. The van der Waals surface area contributed by atoms with Gasteiger partial charge in [0, 0.05) is 18.5 Å². The first-order valence-corrected chi connectivity index (χ1v) is 10.3. The third-order valence-electron chi connectivity index (χ3n) is 5.09. The Morgan fingerprint density at radius 2 is 1.14 bits per heavy atom. The van der Waals surface area contributed by atoms with E-state index in [-0.39, 0.29) is 48.3 Å². The molecule has 2 aromatic rings. The van der Waals surface area contributed by atoms with Gasteiger partial charge in [-0.25, -0.2) is 9.59 Å². The van der Waals surface area contributed by atoms with Gasteiger partial charge in [-0.05, 0) is 85.3 Å². The second kappa shape index (κ2) is 15.7. The topological polar surface area (TPSA) is 149 Å². The molecule has 2 aromatic carbocycles. The van der Waals surface area contributed by atoms with E-state index in [1.807, 2.05) is 0 Å². The van der Waals surface area contributed by atoms with Crippen LogP contribution < -0.4 is 0 Å². The van der Waals surface area contributed by atoms with E-state index in [9.17, 15) is 9.59 Å². The van der Waals surface area contributed by atoms with Crippen LogP contribution in [0.4, 0.5) is 0 Å². The predicted molar refractivity (Wildman–Crippen MR) is 138 cm³/mol. The van der Waals surface area contributed by atoms with Crippen LogP contribution in [-0.4, -0.2) is 70.1 Å². The van der Waals surface area contributed by atoms with E-state index in [1.54, 1.807) is 48.5 Å². The molecule has 4 N–H and O–H groups in total. The molecule has 2 aliphatic heterocycles. The minimum Gasteiger partial charge on any atom is -0.508 e. The monoisotopic (exact) mass is 528 g/mol. The SMILES string of the molecule is CO.COC(=O)[C@@H]1CCC(c2ccc(O)cc2)=N1.Cl.Cl.O=C(O)[C@@H]1CCC(c2ccc(O)cc2)=N1. The lowest BCUT2D eigenvalue weighted by Crippen LogP contribution is -2.16. The Balaban J connectivity index is 0.000000587. The number of aliphatic hydroxyl groups excluding tert-OH is 1. The summed E-state index contributed by atoms with van der Waals surface area (Å²) in [4.78, 5) is 30.4. The highest BCUT2D eigenvalue weighted by Crippen LogP contribution is 2.21. The van der Waals surface area contributed by atoms with Crippen molar-refractivity contribution >= 4 is 48.2 Å². The number of aromatic hydroxyl groups is 2. The maximum atomic E-state index is 11.3. The number of benzene rings is 2. The van der Waals surface area contributed by atoms with Crippen molar-refractivity contribution in [1.29, 1.82) is 0 Å². The molecule has 0 bridgehead atoms. The zero-order valence-electron chi connectivity index (χ0n) is 19.3. The number of aliphatic imine (C=N–C) groups is 2. The number of carbonyl (C=O) groups is 2. The molecular weight excluding hydrogens is 499 g/mol. The van der Waals surface area contributed by atoms with E-state index in [4.69, 9.17) is 20.4 Å². The maximum Gasteiger partial charge on any atom is 0.330 e. The maximum absolute atomic E-state index is 11.3. The summed E-state index contributed by atoms with van der Waals surface area (Å²) in [7, 11) is 2.37. The van der Waals surface area contributed by atoms with E-state index in [2.05, 4.69) is 14.7 Å². The Bertz CT molecular complexity index is 1010. The molecule has 0 amide bonds. The first-order valence-electron chi connectivity index (χ1n) is 10.3. The van der Waals surface area contributed by atoms with Gasteiger partial charge in [0.15, 0.2) is 0 Å². The van der Waals surface area contributed by atoms with Gasteiger partial charge in [-0.1, -0.05) is 0 Å². The highest BCUT2D eigenvalue weighted by atomic mass is 35.5. The number of aliphatic carboxylic acids is 1. The summed E-state index contributed by atoms with van der Waals surface area (Å²) in [5, 5.41) is 34.0. The summed E-state index contributed by atoms with van der Waals surface area (Å²) in [5.41, 5.74) is 3.54. The summed E-state index contributed by atoms with van der Waals surface area (Å²) in [6.07, 6.45) is 2.71. The molecule has 9 nitrogen and oxygen atoms in total. The van der Waals surface area contributed by atoms with Gasteiger partial charge < -0.3 is 25.2 Å². The molecule has 35 heavy (non-hydrogen) atoms. The van der Waals surface area contributed by atoms with Crippen LogP contribution in [0.15, 0.2) is 58.5 Å². The highest BCUT2D eigenvalue weighted by Gasteiger charge is 2.25. The number of hydrogen-bond acceptors (Lipinski definition) is 8. The Morgan fingerprint density at radius 1 is 0.771 bits per heavy atom. The Labute approximate surface area is 216 Å². The van der Waals surface area contributed by atoms with Crippen molar-refractivity contribution in [3.63, 3.8) is 0 Å². The zero-order valence-corrected chi connectivity index (χ0v) is 21.0. The van der Waals surface area contributed by atoms with Crippen LogP contribution in [0.2, 0.25) is 0 Å². The van der Waals surface area contributed by atoms with Crippen LogP contribution in [0.1, 0.15) is 36.8 Å². The van der Waals surface area contributed by atoms with Crippen molar-refractivity contribution in [2.75, 3.05) is 14.2 Å². The van der Waals surface area contributed by atoms with E-state index in [0.717, 1.165) is 36.1 Å². The number of carboxylic acid groups (broad SMARTS) is 1. The van der Waals surface area contributed by atoms with Crippen molar-refractivity contribution in [3.05, 3.63) is 59.7 Å². The zero-order chi connectivity index (χ0) is 24.4. The predicted octanol–water partition coefficient (Wildman–Crippen LogP) is 3.40. The molecule has 4 rings (SSSR count). The second-order valence-corrected chi connectivity index (χ2v) is 7.22. The van der Waals surface area contributed by atoms with Gasteiger partial charge in [-0.3, -0.25) is 9.98 Å². The van der Waals surface area contributed by atoms with Gasteiger partial charge in [0.05, 0.1) is 7.11 Å². The average molecular weight is 529 g/mol. The van der Waals surface area contributed by atoms with Crippen LogP contribution in [0.3, 0.4) is 0 Å². The molecule has 0 fully saturated rings. The molecular formula is C24H30Cl2N2O7. The largest absolute Gasteiger partial charge is 0.508 e. The summed E-state index contributed by atoms with van der Waals surface area (Å²) in [5.74, 6) is -0.725. The fourth-order valence-electron chi connectivity index (χ4n) is 3.41. The van der Waals surface area contributed by atoms with Crippen LogP contribution >= 0.6 is 24.8 Å². The van der Waals surface area contributed by atoms with Crippen molar-refractivity contribution in [3.8, 4) is 11.5 Å². The molecule has 192 valence electrons. The summed E-state index contributed by atoms with van der Waals surface area (Å²) in [6.45, 7) is 0. The van der Waals surface area contributed by atoms with Gasteiger partial charge in [0.2, 0.25) is 0 Å². The fraction of sp³-hybridized carbons (Fsp3) is 0.333. The Morgan fingerprint density at radius 3 is 1.49 bits per heavy atom. The summed E-state index contributed by atoms with van der Waals surface area (Å²) >= 11 is 0. The first kappa shape index (κ1) is 31.9. The minimum absolute atomic E-state index is 0. The quantitative estimate of drug-likeness (QED) is 0.444. The van der Waals surface area contributed by atoms with E-state index in [1.165, 1.54) is 7.11 Å². The normalized spacial score (nSPS) is 17.6. The lowest BCUT2D eigenvalue weighted by atomic mass is 10.1. The van der Waals surface area contributed by atoms with Gasteiger partial charge in [0.1, 0.15) is 23.6 Å². The van der Waals surface area contributed by atoms with Crippen molar-refractivity contribution in [2.24, 2.45) is 9.98 Å². The molecule has 2 atom stereocenters. The summed E-state index contributed by atoms with van der Waals surface area (Å²) in [6, 6.07) is 12.5. The number of carboxylic acids is 1. The van der Waals surface area contributed by atoms with E-state index < -0.39 is 12.0 Å². The summed E-state index contributed by atoms with van der Waals surface area (Å²) < 4.78 is 4.65. The molecule has 11 heteroatoms. The molecule has 2 aliphatic rings. The third-order valence-corrected chi connectivity index (χ3v) is 5.09. The standard InChI is InChI=1S/C12H13NO3.C11H11NO3.CH4O.2ClH/c1-16-12(15)11-7-6-10(13-11)8-2-4-9(14)5-3-8;13-8-3-1-7(2-4-8)9-5-6-10(12-9)11(14)15;1-2;;/h2-5,11,14H,6-7H2,1H3;1-4,10,13H,5-6H2,(H,14,15);2H,1H3;2*1H/t11-;10-;;;/m00.../s1. The average Bonchev–Trinajstić information content (AvgIpc) is 3.52. The van der Waals surface area contributed by atoms with Gasteiger partial charge in [-0.2, -0.15) is 0 Å². The number of halogens is 2. The van der Waals surface area contributed by atoms with E-state index in [0.29, 0.717) is 19.3 Å². The number of phenolic OH excluding ortho intramolecular Hbond substituents is 2. The number of esters is 1. The first-order chi connectivity index (χ1) is 15.9. The molecule has 0 spiro atoms. The highest BCUT2D eigenvalue weighted by molar-refractivity contribution is 6.04. The molecule has 0 aliphatic carbocycles. The lowest BCUT2D eigenvalue weighted by Gasteiger charge is -2.02. The van der Waals surface area contributed by atoms with Gasteiger partial charge >= 0.3 is 11.9 Å². The smallest absolute Gasteiger partial charge is 0.330 e. The van der Waals surface area contributed by atoms with Crippen LogP contribution in [0.5, 0.6) is 11.5 Å². The van der Waals surface area contributed by atoms with Crippen LogP contribution in [0.25, 0.3) is 0 Å². The number of nitrogens with zero attached hydrogens (tertiary/aromatic N) is 2. The lowest BCUT2D eigenvalue weighted by molar-refractivity contribution is -0.142. The fourth-order valence-corrected chi connectivity index (χ4v) is 3.41. The van der Waals surface area contributed by atoms with E-state index >= 15 is 0 Å². The molecule has 0 saturated heterocycles. The van der Waals surface area contributed by atoms with Crippen molar-refractivity contribution in [2.45, 2.75) is 37.8 Å². The Kier molecular flexibility index (Phi) is 14.3. The molecule has 0 unspecified atom stereocenters. The number of methoxy groups -OCH3 is 1. The van der Waals surface area contributed by atoms with Crippen molar-refractivity contribution < 1.29 is 34.8 Å². The number of carbonyl (C=O) groups excluding carboxylic acids is 1. The van der Waals surface area contributed by atoms with Gasteiger partial charge in [0.25, 0.3) is 0 Å². The number of hydrogen-bond donors (Lipinski definition) is 4. The minimum atomic E-state index is -0.872. The van der Waals surface area contributed by atoms with Crippen LogP contribution in [-0.2, 0) is 14.3 Å². The van der Waals surface area contributed by atoms with Crippen molar-refractivity contribution in [1.82, 2.24) is 0 Å².